The first-order valence-electron chi connectivity index (χ1n) is 5.55. The summed E-state index contributed by atoms with van der Waals surface area (Å²) in [5.74, 6) is 0.822. The van der Waals surface area contributed by atoms with Gasteiger partial charge in [0.2, 0.25) is 0 Å². The van der Waals surface area contributed by atoms with Gasteiger partial charge in [-0.25, -0.2) is 0 Å². The van der Waals surface area contributed by atoms with Crippen LogP contribution in [0.4, 0.5) is 0 Å². The molecule has 0 saturated heterocycles. The normalized spacial score (nSPS) is 12.4. The minimum absolute atomic E-state index is 0.0131. The van der Waals surface area contributed by atoms with Crippen molar-refractivity contribution in [3.8, 4) is 0 Å². The highest BCUT2D eigenvalue weighted by atomic mass is 79.9. The Morgan fingerprint density at radius 3 is 2.67 bits per heavy atom. The van der Waals surface area contributed by atoms with E-state index in [2.05, 4.69) is 22.0 Å². The first-order chi connectivity index (χ1) is 8.66. The lowest BCUT2D eigenvalue weighted by Crippen LogP contribution is -2.12. The molecule has 0 aliphatic rings. The van der Waals surface area contributed by atoms with E-state index in [1.54, 1.807) is 11.8 Å². The van der Waals surface area contributed by atoms with Crippen molar-refractivity contribution in [2.24, 2.45) is 5.73 Å². The zero-order valence-corrected chi connectivity index (χ0v) is 12.8. The molecule has 0 radical (unpaired) electrons. The van der Waals surface area contributed by atoms with Crippen LogP contribution in [-0.2, 0) is 0 Å². The maximum absolute atomic E-state index is 6.17. The molecule has 0 saturated carbocycles. The number of nitrogens with two attached hydrogens (primary N) is 1. The second kappa shape index (κ2) is 6.62. The molecule has 0 aromatic heterocycles. The van der Waals surface area contributed by atoms with Crippen molar-refractivity contribution in [1.82, 2.24) is 0 Å². The Bertz CT molecular complexity index is 533. The highest BCUT2D eigenvalue weighted by molar-refractivity contribution is 9.10. The van der Waals surface area contributed by atoms with Gasteiger partial charge in [0, 0.05) is 26.2 Å². The van der Waals surface area contributed by atoms with E-state index in [9.17, 15) is 0 Å². The van der Waals surface area contributed by atoms with Gasteiger partial charge in [0.25, 0.3) is 0 Å². The average molecular weight is 343 g/mol. The predicted molar refractivity (Wildman–Crippen MR) is 83.2 cm³/mol. The van der Waals surface area contributed by atoms with E-state index in [1.165, 1.54) is 4.90 Å². The summed E-state index contributed by atoms with van der Waals surface area (Å²) < 4.78 is 1.10. The summed E-state index contributed by atoms with van der Waals surface area (Å²) in [7, 11) is 0. The molecule has 1 unspecified atom stereocenters. The smallest absolute Gasteiger partial charge is 0.0409 e. The van der Waals surface area contributed by atoms with Crippen molar-refractivity contribution in [2.75, 3.05) is 5.75 Å². The van der Waals surface area contributed by atoms with Gasteiger partial charge in [-0.3, -0.25) is 0 Å². The summed E-state index contributed by atoms with van der Waals surface area (Å²) in [5.41, 5.74) is 7.24. The highest BCUT2D eigenvalue weighted by Crippen LogP contribution is 2.30. The largest absolute Gasteiger partial charge is 0.323 e. The summed E-state index contributed by atoms with van der Waals surface area (Å²) >= 11 is 11.2. The van der Waals surface area contributed by atoms with Crippen LogP contribution in [0.1, 0.15) is 11.6 Å². The molecule has 0 fully saturated rings. The van der Waals surface area contributed by atoms with Gasteiger partial charge in [0.15, 0.2) is 0 Å². The quantitative estimate of drug-likeness (QED) is 0.800. The summed E-state index contributed by atoms with van der Waals surface area (Å²) in [6.07, 6.45) is 0. The first kappa shape index (κ1) is 13.9. The highest BCUT2D eigenvalue weighted by Gasteiger charge is 2.08. The second-order valence-corrected chi connectivity index (χ2v) is 6.26. The molecule has 0 amide bonds. The van der Waals surface area contributed by atoms with Gasteiger partial charge in [-0.15, -0.1) is 11.8 Å². The van der Waals surface area contributed by atoms with Gasteiger partial charge in [-0.1, -0.05) is 35.9 Å². The maximum atomic E-state index is 6.17. The lowest BCUT2D eigenvalue weighted by atomic mass is 10.1. The van der Waals surface area contributed by atoms with Crippen molar-refractivity contribution in [3.05, 3.63) is 63.6 Å². The molecular formula is C14H13BrClNS. The van der Waals surface area contributed by atoms with Crippen LogP contribution in [0, 0.1) is 0 Å². The number of thioether (sulfide) groups is 1. The van der Waals surface area contributed by atoms with Crippen LogP contribution in [0.3, 0.4) is 0 Å². The molecule has 2 aromatic carbocycles. The van der Waals surface area contributed by atoms with E-state index in [-0.39, 0.29) is 6.04 Å². The van der Waals surface area contributed by atoms with E-state index in [1.807, 2.05) is 42.5 Å². The molecule has 18 heavy (non-hydrogen) atoms. The van der Waals surface area contributed by atoms with Gasteiger partial charge >= 0.3 is 0 Å². The molecule has 0 heterocycles. The summed E-state index contributed by atoms with van der Waals surface area (Å²) in [4.78, 5) is 1.20. The lowest BCUT2D eigenvalue weighted by molar-refractivity contribution is 0.831. The van der Waals surface area contributed by atoms with Crippen LogP contribution in [0.15, 0.2) is 57.9 Å². The molecule has 0 aliphatic carbocycles. The Hall–Kier alpha value is -0.480. The number of hydrogen-bond acceptors (Lipinski definition) is 2. The van der Waals surface area contributed by atoms with E-state index < -0.39 is 0 Å². The molecule has 2 aromatic rings. The van der Waals surface area contributed by atoms with E-state index in [0.29, 0.717) is 0 Å². The molecule has 1 nitrogen and oxygen atoms in total. The second-order valence-electron chi connectivity index (χ2n) is 3.90. The number of hydrogen-bond donors (Lipinski definition) is 1. The van der Waals surface area contributed by atoms with E-state index >= 15 is 0 Å². The van der Waals surface area contributed by atoms with Crippen LogP contribution in [0.5, 0.6) is 0 Å². The van der Waals surface area contributed by atoms with Crippen molar-refractivity contribution < 1.29 is 0 Å². The predicted octanol–water partition coefficient (Wildman–Crippen LogP) is 4.89. The Morgan fingerprint density at radius 1 is 1.17 bits per heavy atom. The fourth-order valence-electron chi connectivity index (χ4n) is 1.57. The molecular weight excluding hydrogens is 330 g/mol. The molecule has 0 bridgehead atoms. The van der Waals surface area contributed by atoms with Gasteiger partial charge in [0.1, 0.15) is 0 Å². The van der Waals surface area contributed by atoms with Gasteiger partial charge < -0.3 is 5.73 Å². The zero-order chi connectivity index (χ0) is 13.0. The minimum Gasteiger partial charge on any atom is -0.323 e. The van der Waals surface area contributed by atoms with Gasteiger partial charge in [0.05, 0.1) is 0 Å². The average Bonchev–Trinajstić information content (AvgIpc) is 2.37. The fraction of sp³-hybridized carbons (Fsp3) is 0.143. The maximum Gasteiger partial charge on any atom is 0.0409 e. The Balaban J connectivity index is 2.00. The van der Waals surface area contributed by atoms with Crippen molar-refractivity contribution >= 4 is 39.3 Å². The first-order valence-corrected chi connectivity index (χ1v) is 7.71. The Labute approximate surface area is 125 Å². The van der Waals surface area contributed by atoms with Crippen molar-refractivity contribution in [2.45, 2.75) is 10.9 Å². The van der Waals surface area contributed by atoms with E-state index in [0.717, 1.165) is 20.8 Å². The van der Waals surface area contributed by atoms with Crippen molar-refractivity contribution in [3.63, 3.8) is 0 Å². The van der Waals surface area contributed by atoms with Crippen LogP contribution < -0.4 is 5.73 Å². The molecule has 4 heteroatoms. The van der Waals surface area contributed by atoms with Crippen LogP contribution in [-0.4, -0.2) is 5.75 Å². The number of halogens is 2. The molecule has 2 rings (SSSR count). The third kappa shape index (κ3) is 3.75. The number of benzene rings is 2. The standard InChI is InChI=1S/C14H13BrClNS/c15-12-6-1-2-7-14(12)18-9-13(17)10-4-3-5-11(16)8-10/h1-8,13H,9,17H2. The molecule has 0 aliphatic heterocycles. The minimum atomic E-state index is -0.0131. The Morgan fingerprint density at radius 2 is 1.94 bits per heavy atom. The summed E-state index contributed by atoms with van der Waals surface area (Å²) in [6, 6.07) is 15.9. The fourth-order valence-corrected chi connectivity index (χ4v) is 3.33. The number of rotatable bonds is 4. The third-order valence-corrected chi connectivity index (χ3v) is 4.91. The van der Waals surface area contributed by atoms with E-state index in [4.69, 9.17) is 17.3 Å². The van der Waals surface area contributed by atoms with Crippen molar-refractivity contribution in [1.29, 1.82) is 0 Å². The van der Waals surface area contributed by atoms with Crippen LogP contribution in [0.2, 0.25) is 5.02 Å². The molecule has 1 atom stereocenters. The molecule has 0 spiro atoms. The van der Waals surface area contributed by atoms with Crippen LogP contribution >= 0.6 is 39.3 Å². The SMILES string of the molecule is NC(CSc1ccccc1Br)c1cccc(Cl)c1. The lowest BCUT2D eigenvalue weighted by Gasteiger charge is -2.12. The molecule has 2 N–H and O–H groups in total. The van der Waals surface area contributed by atoms with Crippen LogP contribution in [0.25, 0.3) is 0 Å². The molecule has 94 valence electrons. The monoisotopic (exact) mass is 341 g/mol. The zero-order valence-electron chi connectivity index (χ0n) is 9.64. The Kier molecular flexibility index (Phi) is 5.13. The summed E-state index contributed by atoms with van der Waals surface area (Å²) in [5, 5.41) is 0.730. The third-order valence-electron chi connectivity index (χ3n) is 2.53. The van der Waals surface area contributed by atoms with Gasteiger partial charge in [-0.2, -0.15) is 0 Å². The van der Waals surface area contributed by atoms with Gasteiger partial charge in [-0.05, 0) is 45.8 Å². The topological polar surface area (TPSA) is 26.0 Å². The summed E-state index contributed by atoms with van der Waals surface area (Å²) in [6.45, 7) is 0.